The summed E-state index contributed by atoms with van der Waals surface area (Å²) in [5.74, 6) is -2.60. The van der Waals surface area contributed by atoms with Crippen molar-refractivity contribution in [2.24, 2.45) is 11.8 Å². The van der Waals surface area contributed by atoms with E-state index in [2.05, 4.69) is 5.32 Å². The molecule has 2 N–H and O–H groups in total. The van der Waals surface area contributed by atoms with Crippen molar-refractivity contribution in [3.63, 3.8) is 0 Å². The second-order valence-electron chi connectivity index (χ2n) is 13.0. The molecule has 0 radical (unpaired) electrons. The summed E-state index contributed by atoms with van der Waals surface area (Å²) in [6, 6.07) is 10.1. The zero-order valence-corrected chi connectivity index (χ0v) is 27.9. The van der Waals surface area contributed by atoms with Gasteiger partial charge in [0.25, 0.3) is 11.4 Å². The average molecular weight is 710 g/mol. The van der Waals surface area contributed by atoms with Crippen LogP contribution in [0.25, 0.3) is 0 Å². The number of amides is 3. The number of hydrogen-bond acceptors (Lipinski definition) is 12. The zero-order chi connectivity index (χ0) is 35.9. The van der Waals surface area contributed by atoms with Gasteiger partial charge in [-0.25, -0.2) is 9.59 Å². The molecule has 17 heteroatoms. The molecular weight excluding hydrogens is 674 g/mol. The predicted octanol–water partition coefficient (Wildman–Crippen LogP) is 3.06. The number of carbonyl (C=O) groups is 4. The molecule has 2 aromatic carbocycles. The molecule has 6 rings (SSSR count). The minimum atomic E-state index is -1.00. The van der Waals surface area contributed by atoms with Crippen molar-refractivity contribution in [2.45, 2.75) is 68.1 Å². The normalized spacial score (nSPS) is 27.6. The molecule has 7 atom stereocenters. The van der Waals surface area contributed by atoms with E-state index in [1.807, 2.05) is 6.92 Å². The number of non-ortho nitro benzene ring substituents is 2. The van der Waals surface area contributed by atoms with Crippen LogP contribution < -0.4 is 5.32 Å². The van der Waals surface area contributed by atoms with Crippen LogP contribution in [0.1, 0.15) is 37.8 Å². The number of thioether (sulfide) groups is 1. The molecule has 264 valence electrons. The van der Waals surface area contributed by atoms with Gasteiger partial charge >= 0.3 is 12.1 Å². The molecule has 0 aromatic heterocycles. The molecule has 4 aliphatic rings. The third-order valence-corrected chi connectivity index (χ3v) is 11.2. The predicted molar refractivity (Wildman–Crippen MR) is 176 cm³/mol. The van der Waals surface area contributed by atoms with Gasteiger partial charge in [-0.1, -0.05) is 0 Å². The Hall–Kier alpha value is -5.03. The van der Waals surface area contributed by atoms with Gasteiger partial charge in [-0.15, -0.1) is 11.8 Å². The summed E-state index contributed by atoms with van der Waals surface area (Å²) >= 11 is 1.45. The molecule has 4 heterocycles. The average Bonchev–Trinajstić information content (AvgIpc) is 3.76. The van der Waals surface area contributed by atoms with Crippen molar-refractivity contribution in [3.8, 4) is 0 Å². The monoisotopic (exact) mass is 709 g/mol. The fraction of sp³-hybridized carbons (Fsp3) is 0.455. The highest BCUT2D eigenvalue weighted by Crippen LogP contribution is 2.54. The first-order valence-electron chi connectivity index (χ1n) is 16.0. The van der Waals surface area contributed by atoms with Crippen LogP contribution in [0.3, 0.4) is 0 Å². The maximum Gasteiger partial charge on any atom is 0.410 e. The zero-order valence-electron chi connectivity index (χ0n) is 27.1. The van der Waals surface area contributed by atoms with Crippen LogP contribution in [0, 0.1) is 32.1 Å². The van der Waals surface area contributed by atoms with E-state index in [0.29, 0.717) is 30.5 Å². The first kappa shape index (κ1) is 34.8. The van der Waals surface area contributed by atoms with E-state index in [4.69, 9.17) is 9.47 Å². The molecule has 3 fully saturated rings. The number of nitro benzene ring substituents is 2. The molecule has 4 aliphatic heterocycles. The lowest BCUT2D eigenvalue weighted by molar-refractivity contribution is -0.385. The largest absolute Gasteiger partial charge is 0.456 e. The van der Waals surface area contributed by atoms with Crippen molar-refractivity contribution < 1.29 is 43.6 Å². The number of nitro groups is 2. The molecule has 0 aliphatic carbocycles. The Labute approximate surface area is 290 Å². The fourth-order valence-electron chi connectivity index (χ4n) is 7.27. The highest BCUT2D eigenvalue weighted by atomic mass is 32.2. The number of nitrogens with zero attached hydrogens (tertiary/aromatic N) is 4. The number of rotatable bonds is 11. The van der Waals surface area contributed by atoms with E-state index in [1.165, 1.54) is 77.0 Å². The Bertz CT molecular complexity index is 1750. The SMILES string of the molecule is C[C@@H](O)[C@H]1C(=O)N2C(C(=O)OCc3ccc([N+](=O)[O-])cc3)=C[C@@](C)(S[C@H]3C[C@@H](C4CCNC4=O)N(C(=O)OCc4ccc([N+](=O)[O-])cc4)C3)[C@H]12. The molecule has 3 amide bonds. The van der Waals surface area contributed by atoms with Gasteiger partial charge in [-0.2, -0.15) is 0 Å². The highest BCUT2D eigenvalue weighted by Gasteiger charge is 2.64. The summed E-state index contributed by atoms with van der Waals surface area (Å²) in [4.78, 5) is 76.7. The summed E-state index contributed by atoms with van der Waals surface area (Å²) < 4.78 is 10.2. The topological polar surface area (TPSA) is 212 Å². The second kappa shape index (κ2) is 13.7. The maximum absolute atomic E-state index is 13.5. The summed E-state index contributed by atoms with van der Waals surface area (Å²) in [6.07, 6.45) is 0.981. The van der Waals surface area contributed by atoms with Gasteiger partial charge in [-0.05, 0) is 68.2 Å². The molecule has 0 bridgehead atoms. The van der Waals surface area contributed by atoms with Gasteiger partial charge < -0.3 is 29.7 Å². The number of esters is 1. The summed E-state index contributed by atoms with van der Waals surface area (Å²) in [6.45, 7) is 3.75. The maximum atomic E-state index is 13.5. The number of aliphatic hydroxyl groups is 1. The molecular formula is C33H35N5O11S. The lowest BCUT2D eigenvalue weighted by Crippen LogP contribution is -2.67. The van der Waals surface area contributed by atoms with Gasteiger partial charge in [0.15, 0.2) is 0 Å². The minimum Gasteiger partial charge on any atom is -0.456 e. The van der Waals surface area contributed by atoms with Crippen LogP contribution >= 0.6 is 11.8 Å². The number of likely N-dealkylation sites (tertiary alicyclic amines) is 1. The molecule has 1 unspecified atom stereocenters. The summed E-state index contributed by atoms with van der Waals surface area (Å²) in [7, 11) is 0. The third kappa shape index (κ3) is 6.61. The molecule has 16 nitrogen and oxygen atoms in total. The number of carbonyl (C=O) groups excluding carboxylic acids is 4. The van der Waals surface area contributed by atoms with Crippen molar-refractivity contribution in [3.05, 3.63) is 91.7 Å². The quantitative estimate of drug-likeness (QED) is 0.149. The Kier molecular flexibility index (Phi) is 9.54. The van der Waals surface area contributed by atoms with Gasteiger partial charge in [0.05, 0.1) is 38.6 Å². The Morgan fingerprint density at radius 1 is 1.02 bits per heavy atom. The lowest BCUT2D eigenvalue weighted by atomic mass is 9.78. The van der Waals surface area contributed by atoms with Gasteiger partial charge in [0, 0.05) is 48.6 Å². The van der Waals surface area contributed by atoms with Crippen LogP contribution in [-0.2, 0) is 37.1 Å². The van der Waals surface area contributed by atoms with Crippen molar-refractivity contribution in [1.29, 1.82) is 0 Å². The van der Waals surface area contributed by atoms with E-state index in [0.717, 1.165) is 0 Å². The van der Waals surface area contributed by atoms with Gasteiger partial charge in [0.1, 0.15) is 18.9 Å². The van der Waals surface area contributed by atoms with Crippen LogP contribution in [0.15, 0.2) is 60.3 Å². The second-order valence-corrected chi connectivity index (χ2v) is 14.8. The van der Waals surface area contributed by atoms with E-state index in [1.54, 1.807) is 6.08 Å². The Balaban J connectivity index is 1.18. The van der Waals surface area contributed by atoms with E-state index < -0.39 is 62.6 Å². The first-order valence-corrected chi connectivity index (χ1v) is 16.9. The molecule has 0 saturated carbocycles. The lowest BCUT2D eigenvalue weighted by Gasteiger charge is -2.50. The van der Waals surface area contributed by atoms with Crippen LogP contribution in [0.4, 0.5) is 16.2 Å². The standard InChI is InChI=1S/C33H35N5O11S/c1-18(39)27-28-33(2,14-26(36(28)30(27)41)31(42)48-16-19-3-7-21(8-4-19)37(44)45)50-23-13-25(24-11-12-34-29(24)40)35(15-23)32(43)49-17-20-5-9-22(10-6-20)38(46)47/h3-10,14,18,23-25,27-28,39H,11-13,15-17H2,1-2H3,(H,34,40)/t18-,23+,24?,25+,27-,28+,33-/m1/s1. The van der Waals surface area contributed by atoms with Crippen LogP contribution in [0.5, 0.6) is 0 Å². The van der Waals surface area contributed by atoms with Crippen molar-refractivity contribution in [2.75, 3.05) is 13.1 Å². The Morgan fingerprint density at radius 2 is 1.60 bits per heavy atom. The molecule has 2 aromatic rings. The fourth-order valence-corrected chi connectivity index (χ4v) is 9.09. The number of fused-ring (bicyclic) bond motifs is 1. The number of benzene rings is 2. The number of ether oxygens (including phenoxy) is 2. The smallest absolute Gasteiger partial charge is 0.410 e. The molecule has 0 spiro atoms. The highest BCUT2D eigenvalue weighted by molar-refractivity contribution is 8.01. The molecule has 50 heavy (non-hydrogen) atoms. The summed E-state index contributed by atoms with van der Waals surface area (Å²) in [5.41, 5.74) is 0.898. The van der Waals surface area contributed by atoms with Crippen LogP contribution in [-0.4, -0.2) is 89.9 Å². The number of β-lactam (4-membered cyclic amide) rings is 1. The number of nitrogens with one attached hydrogen (secondary N) is 1. The number of hydrogen-bond donors (Lipinski definition) is 2. The van der Waals surface area contributed by atoms with Gasteiger partial charge in [-0.3, -0.25) is 29.8 Å². The van der Waals surface area contributed by atoms with E-state index >= 15 is 0 Å². The van der Waals surface area contributed by atoms with Crippen molar-refractivity contribution in [1.82, 2.24) is 15.1 Å². The number of aliphatic hydroxyl groups excluding tert-OH is 1. The minimum absolute atomic E-state index is 0.0258. The van der Waals surface area contributed by atoms with Gasteiger partial charge in [0.2, 0.25) is 11.8 Å². The first-order chi connectivity index (χ1) is 23.8. The van der Waals surface area contributed by atoms with E-state index in [9.17, 15) is 44.5 Å². The van der Waals surface area contributed by atoms with E-state index in [-0.39, 0.29) is 48.0 Å². The Morgan fingerprint density at radius 3 is 2.12 bits per heavy atom. The summed E-state index contributed by atoms with van der Waals surface area (Å²) in [5, 5.41) is 35.1. The van der Waals surface area contributed by atoms with Crippen LogP contribution in [0.2, 0.25) is 0 Å². The van der Waals surface area contributed by atoms with Crippen molar-refractivity contribution >= 4 is 47.0 Å². The third-order valence-electron chi connectivity index (χ3n) is 9.68. The molecule has 3 saturated heterocycles.